The van der Waals surface area contributed by atoms with Crippen LogP contribution in [0.4, 0.5) is 10.6 Å². The summed E-state index contributed by atoms with van der Waals surface area (Å²) < 4.78 is 7.85. The molecule has 3 aliphatic rings. The Morgan fingerprint density at radius 2 is 1.89 bits per heavy atom. The predicted molar refractivity (Wildman–Crippen MR) is 173 cm³/mol. The summed E-state index contributed by atoms with van der Waals surface area (Å²) in [5.41, 5.74) is 3.66. The molecule has 5 atom stereocenters. The molecule has 11 heteroatoms. The van der Waals surface area contributed by atoms with Crippen LogP contribution in [0.3, 0.4) is 0 Å². The van der Waals surface area contributed by atoms with Gasteiger partial charge in [0.2, 0.25) is 0 Å². The number of H-pyrrole nitrogens is 1. The molecule has 1 aromatic carbocycles. The van der Waals surface area contributed by atoms with E-state index in [0.717, 1.165) is 84.2 Å². The molecule has 2 bridgehead atoms. The Kier molecular flexibility index (Phi) is 6.96. The van der Waals surface area contributed by atoms with Gasteiger partial charge in [-0.3, -0.25) is 10.00 Å². The number of carbonyl (C=O) groups is 1. The molecule has 5 unspecified atom stereocenters. The monoisotopic (exact) mass is 612 g/mol. The molecule has 3 aliphatic heterocycles. The molecule has 4 aromatic rings. The molecule has 3 saturated heterocycles. The molecule has 3 fully saturated rings. The Bertz CT molecular complexity index is 1720. The quantitative estimate of drug-likeness (QED) is 0.254. The summed E-state index contributed by atoms with van der Waals surface area (Å²) in [4.78, 5) is 16.5. The number of nitrogens with one attached hydrogen (secondary N) is 1. The Labute approximate surface area is 264 Å². The number of piperidine rings is 1. The van der Waals surface area contributed by atoms with Gasteiger partial charge in [-0.05, 0) is 81.5 Å². The van der Waals surface area contributed by atoms with Crippen LogP contribution in [0.5, 0.6) is 0 Å². The van der Waals surface area contributed by atoms with Gasteiger partial charge in [0, 0.05) is 59.4 Å². The van der Waals surface area contributed by atoms with E-state index >= 15 is 0 Å². The van der Waals surface area contributed by atoms with E-state index in [1.807, 2.05) is 29.2 Å². The molecule has 45 heavy (non-hydrogen) atoms. The first-order chi connectivity index (χ1) is 21.4. The topological polar surface area (TPSA) is 125 Å². The average Bonchev–Trinajstić information content (AvgIpc) is 3.73. The third kappa shape index (κ3) is 4.78. The third-order valence-electron chi connectivity index (χ3n) is 10.8. The maximum Gasteiger partial charge on any atom is 0.408 e. The van der Waals surface area contributed by atoms with Crippen molar-refractivity contribution in [2.45, 2.75) is 96.5 Å². The first-order valence-corrected chi connectivity index (χ1v) is 16.1. The second-order valence-corrected chi connectivity index (χ2v) is 14.8. The van der Waals surface area contributed by atoms with E-state index in [2.05, 4.69) is 80.2 Å². The van der Waals surface area contributed by atoms with Crippen LogP contribution in [0.1, 0.15) is 79.4 Å². The van der Waals surface area contributed by atoms with Crippen LogP contribution in [0.15, 0.2) is 42.9 Å². The standard InChI is InChI=1S/C34H44N8O3/c1-32(2,3)30-26(17-33(4)14-15-34(30,5)42(33)31(43)44)40(6)27-13-12-25(37-38-27)23-11-10-22(24-19-35-39-29(23)24)21-18-36-41(20-21)28-9-7-8-16-45-28/h10-13,18-20,26,28,30H,7-9,14-17H2,1-6H3,(H,35,39)(H,43,44). The number of amides is 1. The fourth-order valence-electron chi connectivity index (χ4n) is 9.05. The number of carboxylic acid groups (broad SMARTS) is 1. The molecule has 2 N–H and O–H groups in total. The van der Waals surface area contributed by atoms with E-state index in [0.29, 0.717) is 0 Å². The summed E-state index contributed by atoms with van der Waals surface area (Å²) >= 11 is 0. The van der Waals surface area contributed by atoms with Crippen molar-refractivity contribution in [2.24, 2.45) is 11.3 Å². The molecule has 0 spiro atoms. The van der Waals surface area contributed by atoms with Crippen molar-refractivity contribution >= 4 is 22.8 Å². The van der Waals surface area contributed by atoms with E-state index in [4.69, 9.17) is 14.9 Å². The number of aromatic nitrogens is 6. The van der Waals surface area contributed by atoms with E-state index < -0.39 is 17.2 Å². The highest BCUT2D eigenvalue weighted by Crippen LogP contribution is 2.58. The van der Waals surface area contributed by atoms with Gasteiger partial charge < -0.3 is 14.7 Å². The van der Waals surface area contributed by atoms with Crippen LogP contribution in [-0.2, 0) is 4.74 Å². The molecule has 3 aromatic heterocycles. The number of hydrogen-bond donors (Lipinski definition) is 2. The summed E-state index contributed by atoms with van der Waals surface area (Å²) in [5.74, 6) is 0.887. The molecule has 0 aliphatic carbocycles. The Morgan fingerprint density at radius 1 is 1.09 bits per heavy atom. The summed E-state index contributed by atoms with van der Waals surface area (Å²) in [6.07, 6.45) is 10.7. The number of hydrogen-bond acceptors (Lipinski definition) is 7. The molecule has 1 amide bonds. The zero-order valence-electron chi connectivity index (χ0n) is 27.1. The largest absolute Gasteiger partial charge is 0.465 e. The number of anilines is 1. The third-order valence-corrected chi connectivity index (χ3v) is 10.8. The minimum absolute atomic E-state index is 0.0113. The zero-order chi connectivity index (χ0) is 31.7. The van der Waals surface area contributed by atoms with Gasteiger partial charge in [0.05, 0.1) is 23.6 Å². The summed E-state index contributed by atoms with van der Waals surface area (Å²) in [5, 5.41) is 32.9. The highest BCUT2D eigenvalue weighted by molar-refractivity contribution is 6.01. The number of benzene rings is 1. The highest BCUT2D eigenvalue weighted by Gasteiger charge is 2.65. The van der Waals surface area contributed by atoms with Crippen molar-refractivity contribution in [3.8, 4) is 22.4 Å². The minimum Gasteiger partial charge on any atom is -0.465 e. The number of rotatable bonds is 5. The van der Waals surface area contributed by atoms with Crippen molar-refractivity contribution in [1.82, 2.24) is 35.1 Å². The van der Waals surface area contributed by atoms with Gasteiger partial charge in [0.25, 0.3) is 0 Å². The van der Waals surface area contributed by atoms with Crippen molar-refractivity contribution in [3.05, 3.63) is 42.9 Å². The molecule has 0 saturated carbocycles. The van der Waals surface area contributed by atoms with Crippen LogP contribution < -0.4 is 4.90 Å². The van der Waals surface area contributed by atoms with Crippen LogP contribution in [0, 0.1) is 11.3 Å². The smallest absolute Gasteiger partial charge is 0.408 e. The van der Waals surface area contributed by atoms with Crippen molar-refractivity contribution in [1.29, 1.82) is 0 Å². The Morgan fingerprint density at radius 3 is 2.58 bits per heavy atom. The number of fused-ring (bicyclic) bond motifs is 3. The molecule has 7 rings (SSSR count). The van der Waals surface area contributed by atoms with E-state index in [-0.39, 0.29) is 23.6 Å². The number of aromatic amines is 1. The lowest BCUT2D eigenvalue weighted by Gasteiger charge is -2.59. The van der Waals surface area contributed by atoms with Gasteiger partial charge in [-0.25, -0.2) is 9.48 Å². The average molecular weight is 613 g/mol. The number of ether oxygens (including phenoxy) is 1. The lowest BCUT2D eigenvalue weighted by Crippen LogP contribution is -2.69. The maximum atomic E-state index is 12.5. The first-order valence-electron chi connectivity index (χ1n) is 16.1. The van der Waals surface area contributed by atoms with Crippen LogP contribution in [-0.4, -0.2) is 77.0 Å². The summed E-state index contributed by atoms with van der Waals surface area (Å²) in [7, 11) is 2.08. The molecule has 238 valence electrons. The summed E-state index contributed by atoms with van der Waals surface area (Å²) in [6.45, 7) is 11.7. The molecular formula is C34H44N8O3. The van der Waals surface area contributed by atoms with E-state index in [1.54, 1.807) is 4.90 Å². The van der Waals surface area contributed by atoms with Crippen molar-refractivity contribution < 1.29 is 14.6 Å². The Balaban J connectivity index is 1.17. The minimum atomic E-state index is -0.819. The van der Waals surface area contributed by atoms with Crippen LogP contribution >= 0.6 is 0 Å². The van der Waals surface area contributed by atoms with Gasteiger partial charge >= 0.3 is 6.09 Å². The lowest BCUT2D eigenvalue weighted by molar-refractivity contribution is -0.0615. The molecule has 11 nitrogen and oxygen atoms in total. The Hall–Kier alpha value is -3.99. The first kappa shape index (κ1) is 29.7. The second kappa shape index (κ2) is 10.5. The van der Waals surface area contributed by atoms with Crippen molar-refractivity contribution in [3.63, 3.8) is 0 Å². The zero-order valence-corrected chi connectivity index (χ0v) is 27.1. The van der Waals surface area contributed by atoms with E-state index in [1.165, 1.54) is 0 Å². The highest BCUT2D eigenvalue weighted by atomic mass is 16.5. The fourth-order valence-corrected chi connectivity index (χ4v) is 9.05. The lowest BCUT2D eigenvalue weighted by atomic mass is 9.62. The van der Waals surface area contributed by atoms with Gasteiger partial charge in [-0.2, -0.15) is 10.2 Å². The van der Waals surface area contributed by atoms with Crippen LogP contribution in [0.25, 0.3) is 33.3 Å². The molecule has 0 radical (unpaired) electrons. The van der Waals surface area contributed by atoms with Crippen molar-refractivity contribution in [2.75, 3.05) is 18.6 Å². The predicted octanol–water partition coefficient (Wildman–Crippen LogP) is 6.74. The van der Waals surface area contributed by atoms with Gasteiger partial charge in [-0.1, -0.05) is 26.8 Å². The second-order valence-electron chi connectivity index (χ2n) is 14.8. The van der Waals surface area contributed by atoms with Crippen LogP contribution in [0.2, 0.25) is 0 Å². The SMILES string of the molecule is CN(c1ccc(-c2ccc(-c3cnn(C4CCCCO4)c3)c3cn[nH]c23)nn1)C1CC2(C)CCC(C)(C1C(C)(C)C)N2C(=O)O. The normalized spacial score (nSPS) is 28.5. The van der Waals surface area contributed by atoms with Gasteiger partial charge in [0.1, 0.15) is 6.23 Å². The number of nitrogens with zero attached hydrogens (tertiary/aromatic N) is 7. The maximum absolute atomic E-state index is 12.5. The van der Waals surface area contributed by atoms with Gasteiger partial charge in [0.15, 0.2) is 5.82 Å². The summed E-state index contributed by atoms with van der Waals surface area (Å²) in [6, 6.07) is 8.32. The molecular weight excluding hydrogens is 568 g/mol. The van der Waals surface area contributed by atoms with Gasteiger partial charge in [-0.15, -0.1) is 10.2 Å². The fraction of sp³-hybridized carbons (Fsp3) is 0.559. The van der Waals surface area contributed by atoms with E-state index in [9.17, 15) is 9.90 Å². The molecule has 6 heterocycles.